The molecule has 0 aliphatic rings. The van der Waals surface area contributed by atoms with Gasteiger partial charge < -0.3 is 9.84 Å². The van der Waals surface area contributed by atoms with Crippen molar-refractivity contribution < 1.29 is 9.84 Å². The third kappa shape index (κ3) is 3.11. The molecule has 1 unspecified atom stereocenters. The molecule has 1 heterocycles. The molecule has 0 saturated carbocycles. The molecule has 1 atom stereocenters. The molecule has 0 fully saturated rings. The molecule has 1 N–H and O–H groups in total. The molecule has 1 aromatic heterocycles. The first-order chi connectivity index (χ1) is 8.69. The van der Waals surface area contributed by atoms with E-state index >= 15 is 0 Å². The van der Waals surface area contributed by atoms with Gasteiger partial charge in [-0.2, -0.15) is 5.10 Å². The zero-order valence-corrected chi connectivity index (χ0v) is 10.7. The van der Waals surface area contributed by atoms with E-state index < -0.39 is 6.10 Å². The maximum Gasteiger partial charge on any atom is 0.122 e. The van der Waals surface area contributed by atoms with Gasteiger partial charge in [-0.25, -0.2) is 0 Å². The quantitative estimate of drug-likeness (QED) is 0.871. The van der Waals surface area contributed by atoms with Crippen LogP contribution in [0.3, 0.4) is 0 Å². The van der Waals surface area contributed by atoms with Crippen molar-refractivity contribution in [2.24, 2.45) is 7.05 Å². The number of aliphatic hydroxyl groups is 1. The standard InChI is InChI=1S/C14H18N2O2/c1-16-8-7-12(15-16)10-13(17)9-11-5-3-4-6-14(11)18-2/h3-8,13,17H,9-10H2,1-2H3. The molecule has 0 amide bonds. The van der Waals surface area contributed by atoms with Crippen LogP contribution in [0, 0.1) is 0 Å². The topological polar surface area (TPSA) is 47.3 Å². The van der Waals surface area contributed by atoms with Crippen LogP contribution in [-0.2, 0) is 19.9 Å². The van der Waals surface area contributed by atoms with Crippen LogP contribution in [0.25, 0.3) is 0 Å². The third-order valence-electron chi connectivity index (χ3n) is 2.86. The van der Waals surface area contributed by atoms with Gasteiger partial charge in [0.1, 0.15) is 5.75 Å². The van der Waals surface area contributed by atoms with E-state index in [9.17, 15) is 5.11 Å². The number of aliphatic hydroxyl groups excluding tert-OH is 1. The minimum atomic E-state index is -0.448. The highest BCUT2D eigenvalue weighted by Gasteiger charge is 2.11. The van der Waals surface area contributed by atoms with Crippen LogP contribution in [0.15, 0.2) is 36.5 Å². The molecule has 96 valence electrons. The van der Waals surface area contributed by atoms with Crippen molar-refractivity contribution in [2.75, 3.05) is 7.11 Å². The Morgan fingerprint density at radius 2 is 2.06 bits per heavy atom. The Kier molecular flexibility index (Phi) is 3.99. The van der Waals surface area contributed by atoms with Gasteiger partial charge in [0, 0.05) is 26.1 Å². The summed E-state index contributed by atoms with van der Waals surface area (Å²) < 4.78 is 7.01. The molecule has 4 heteroatoms. The van der Waals surface area contributed by atoms with Crippen LogP contribution in [0.5, 0.6) is 5.75 Å². The molecule has 0 aliphatic heterocycles. The summed E-state index contributed by atoms with van der Waals surface area (Å²) in [5.41, 5.74) is 1.92. The molecule has 4 nitrogen and oxygen atoms in total. The summed E-state index contributed by atoms with van der Waals surface area (Å²) in [6.07, 6.45) is 2.56. The van der Waals surface area contributed by atoms with Crippen molar-refractivity contribution in [3.63, 3.8) is 0 Å². The number of ether oxygens (including phenoxy) is 1. The summed E-state index contributed by atoms with van der Waals surface area (Å²) in [4.78, 5) is 0. The lowest BCUT2D eigenvalue weighted by atomic mass is 10.0. The van der Waals surface area contributed by atoms with Crippen LogP contribution in [-0.4, -0.2) is 28.1 Å². The fourth-order valence-corrected chi connectivity index (χ4v) is 2.01. The van der Waals surface area contributed by atoms with Gasteiger partial charge in [0.15, 0.2) is 0 Å². The second kappa shape index (κ2) is 5.69. The van der Waals surface area contributed by atoms with E-state index in [0.29, 0.717) is 12.8 Å². The first-order valence-corrected chi connectivity index (χ1v) is 5.97. The number of hydrogen-bond donors (Lipinski definition) is 1. The Bertz CT molecular complexity index is 508. The molecular formula is C14H18N2O2. The Labute approximate surface area is 107 Å². The second-order valence-corrected chi connectivity index (χ2v) is 4.35. The summed E-state index contributed by atoms with van der Waals surface area (Å²) in [6.45, 7) is 0. The van der Waals surface area contributed by atoms with Crippen molar-refractivity contribution in [3.8, 4) is 5.75 Å². The maximum atomic E-state index is 10.1. The molecule has 2 rings (SSSR count). The van der Waals surface area contributed by atoms with E-state index in [0.717, 1.165) is 17.0 Å². The zero-order chi connectivity index (χ0) is 13.0. The summed E-state index contributed by atoms with van der Waals surface area (Å²) in [5.74, 6) is 0.817. The van der Waals surface area contributed by atoms with E-state index in [1.165, 1.54) is 0 Å². The van der Waals surface area contributed by atoms with Crippen molar-refractivity contribution in [2.45, 2.75) is 18.9 Å². The Balaban J connectivity index is 2.00. The van der Waals surface area contributed by atoms with Crippen molar-refractivity contribution in [1.29, 1.82) is 0 Å². The first kappa shape index (κ1) is 12.6. The average Bonchev–Trinajstić information content (AvgIpc) is 2.75. The number of rotatable bonds is 5. The van der Waals surface area contributed by atoms with E-state index in [1.807, 2.05) is 43.6 Å². The van der Waals surface area contributed by atoms with E-state index in [-0.39, 0.29) is 0 Å². The lowest BCUT2D eigenvalue weighted by Gasteiger charge is -2.12. The monoisotopic (exact) mass is 246 g/mol. The van der Waals surface area contributed by atoms with Gasteiger partial charge in [-0.05, 0) is 17.7 Å². The predicted octanol–water partition coefficient (Wildman–Crippen LogP) is 1.57. The minimum absolute atomic E-state index is 0.448. The van der Waals surface area contributed by atoms with Gasteiger partial charge in [0.05, 0.1) is 18.9 Å². The predicted molar refractivity (Wildman–Crippen MR) is 69.6 cm³/mol. The van der Waals surface area contributed by atoms with Gasteiger partial charge in [-0.1, -0.05) is 18.2 Å². The van der Waals surface area contributed by atoms with Gasteiger partial charge >= 0.3 is 0 Å². The largest absolute Gasteiger partial charge is 0.496 e. The number of methoxy groups -OCH3 is 1. The SMILES string of the molecule is COc1ccccc1CC(O)Cc1ccn(C)n1. The fraction of sp³-hybridized carbons (Fsp3) is 0.357. The zero-order valence-electron chi connectivity index (χ0n) is 10.7. The average molecular weight is 246 g/mol. The van der Waals surface area contributed by atoms with Gasteiger partial charge in [0.25, 0.3) is 0 Å². The molecule has 0 saturated heterocycles. The number of para-hydroxylation sites is 1. The van der Waals surface area contributed by atoms with Gasteiger partial charge in [-0.3, -0.25) is 4.68 Å². The highest BCUT2D eigenvalue weighted by molar-refractivity contribution is 5.33. The Morgan fingerprint density at radius 1 is 1.28 bits per heavy atom. The molecule has 18 heavy (non-hydrogen) atoms. The van der Waals surface area contributed by atoms with Crippen molar-refractivity contribution in [3.05, 3.63) is 47.8 Å². The summed E-state index contributed by atoms with van der Waals surface area (Å²) in [6, 6.07) is 9.67. The molecule has 0 radical (unpaired) electrons. The molecule has 0 bridgehead atoms. The molecule has 0 spiro atoms. The van der Waals surface area contributed by atoms with Crippen molar-refractivity contribution in [1.82, 2.24) is 9.78 Å². The molecule has 1 aromatic carbocycles. The second-order valence-electron chi connectivity index (χ2n) is 4.35. The van der Waals surface area contributed by atoms with E-state index in [1.54, 1.807) is 11.8 Å². The maximum absolute atomic E-state index is 10.1. The van der Waals surface area contributed by atoms with Gasteiger partial charge in [-0.15, -0.1) is 0 Å². The molecule has 0 aliphatic carbocycles. The molecule has 2 aromatic rings. The number of aryl methyl sites for hydroxylation is 1. The summed E-state index contributed by atoms with van der Waals surface area (Å²) in [5, 5.41) is 14.3. The van der Waals surface area contributed by atoms with Crippen LogP contribution < -0.4 is 4.74 Å². The lowest BCUT2D eigenvalue weighted by molar-refractivity contribution is 0.173. The number of hydrogen-bond acceptors (Lipinski definition) is 3. The normalized spacial score (nSPS) is 12.4. The van der Waals surface area contributed by atoms with Crippen molar-refractivity contribution >= 4 is 0 Å². The van der Waals surface area contributed by atoms with Crippen LogP contribution in [0.4, 0.5) is 0 Å². The van der Waals surface area contributed by atoms with E-state index in [4.69, 9.17) is 4.74 Å². The van der Waals surface area contributed by atoms with Crippen LogP contribution in [0.1, 0.15) is 11.3 Å². The fourth-order valence-electron chi connectivity index (χ4n) is 2.01. The summed E-state index contributed by atoms with van der Waals surface area (Å²) >= 11 is 0. The smallest absolute Gasteiger partial charge is 0.122 e. The summed E-state index contributed by atoms with van der Waals surface area (Å²) in [7, 11) is 3.51. The number of aromatic nitrogens is 2. The Morgan fingerprint density at radius 3 is 2.72 bits per heavy atom. The third-order valence-corrected chi connectivity index (χ3v) is 2.86. The number of nitrogens with zero attached hydrogens (tertiary/aromatic N) is 2. The highest BCUT2D eigenvalue weighted by atomic mass is 16.5. The lowest BCUT2D eigenvalue weighted by Crippen LogP contribution is -2.15. The molecular weight excluding hydrogens is 228 g/mol. The minimum Gasteiger partial charge on any atom is -0.496 e. The highest BCUT2D eigenvalue weighted by Crippen LogP contribution is 2.19. The number of benzene rings is 1. The van der Waals surface area contributed by atoms with Crippen LogP contribution >= 0.6 is 0 Å². The first-order valence-electron chi connectivity index (χ1n) is 5.97. The Hall–Kier alpha value is -1.81. The van der Waals surface area contributed by atoms with E-state index in [2.05, 4.69) is 5.10 Å². The van der Waals surface area contributed by atoms with Gasteiger partial charge in [0.2, 0.25) is 0 Å². The van der Waals surface area contributed by atoms with Crippen LogP contribution in [0.2, 0.25) is 0 Å².